The van der Waals surface area contributed by atoms with Gasteiger partial charge in [-0.25, -0.2) is 9.18 Å². The normalized spacial score (nSPS) is 14.8. The number of amides is 2. The Labute approximate surface area is 206 Å². The quantitative estimate of drug-likeness (QED) is 0.409. The second-order valence-electron chi connectivity index (χ2n) is 7.70. The van der Waals surface area contributed by atoms with Crippen LogP contribution in [0.2, 0.25) is 10.0 Å². The van der Waals surface area contributed by atoms with Crippen LogP contribution in [0.25, 0.3) is 0 Å². The van der Waals surface area contributed by atoms with Gasteiger partial charge in [0.1, 0.15) is 11.6 Å². The summed E-state index contributed by atoms with van der Waals surface area (Å²) in [6.07, 6.45) is 0.0351. The van der Waals surface area contributed by atoms with E-state index in [0.717, 1.165) is 5.56 Å². The number of methoxy groups -OCH3 is 1. The van der Waals surface area contributed by atoms with E-state index in [0.29, 0.717) is 39.2 Å². The number of nitrogens with zero attached hydrogens (tertiary/aromatic N) is 2. The maximum Gasteiger partial charge on any atom is 0.322 e. The highest BCUT2D eigenvalue weighted by Gasteiger charge is 2.28. The Morgan fingerprint density at radius 2 is 1.91 bits per heavy atom. The predicted octanol–water partition coefficient (Wildman–Crippen LogP) is 6.37. The van der Waals surface area contributed by atoms with Gasteiger partial charge in [0.05, 0.1) is 41.6 Å². The molecule has 0 saturated heterocycles. The molecule has 0 aromatic heterocycles. The van der Waals surface area contributed by atoms with Crippen LogP contribution in [-0.4, -0.2) is 36.4 Å². The first-order valence-electron chi connectivity index (χ1n) is 10.5. The van der Waals surface area contributed by atoms with E-state index in [4.69, 9.17) is 32.8 Å². The van der Waals surface area contributed by atoms with Crippen molar-refractivity contribution in [2.24, 2.45) is 5.16 Å². The average molecular weight is 502 g/mol. The molecule has 4 rings (SSSR count). The standard InChI is InChI=1S/C25H22Cl2FN3O3/c1-33-24-9-5-4-8-22(24)29-25(32)31(14-17-6-2-3-7-21(17)28)15-18-13-23(30-34-18)16-10-11-19(26)20(27)12-16/h2-12,18H,13-15H2,1H3,(H,29,32). The van der Waals surface area contributed by atoms with Crippen molar-refractivity contribution in [2.75, 3.05) is 19.0 Å². The van der Waals surface area contributed by atoms with Gasteiger partial charge < -0.3 is 19.8 Å². The van der Waals surface area contributed by atoms with Gasteiger partial charge in [-0.15, -0.1) is 0 Å². The number of anilines is 1. The molecule has 34 heavy (non-hydrogen) atoms. The van der Waals surface area contributed by atoms with Crippen molar-refractivity contribution >= 4 is 40.6 Å². The molecule has 0 aliphatic carbocycles. The molecule has 0 spiro atoms. The number of hydrogen-bond acceptors (Lipinski definition) is 4. The third-order valence-electron chi connectivity index (χ3n) is 5.36. The number of carbonyl (C=O) groups is 1. The number of halogens is 3. The third-order valence-corrected chi connectivity index (χ3v) is 6.10. The van der Waals surface area contributed by atoms with Gasteiger partial charge in [-0.05, 0) is 30.3 Å². The lowest BCUT2D eigenvalue weighted by atomic mass is 10.0. The van der Waals surface area contributed by atoms with Crippen molar-refractivity contribution in [3.05, 3.63) is 93.7 Å². The summed E-state index contributed by atoms with van der Waals surface area (Å²) < 4.78 is 19.7. The molecule has 1 aliphatic rings. The van der Waals surface area contributed by atoms with E-state index in [9.17, 15) is 9.18 Å². The summed E-state index contributed by atoms with van der Waals surface area (Å²) in [5.74, 6) is 0.127. The molecule has 9 heteroatoms. The summed E-state index contributed by atoms with van der Waals surface area (Å²) in [6, 6.07) is 18.2. The summed E-state index contributed by atoms with van der Waals surface area (Å²) in [5.41, 5.74) is 2.38. The highest BCUT2D eigenvalue weighted by atomic mass is 35.5. The summed E-state index contributed by atoms with van der Waals surface area (Å²) in [5, 5.41) is 7.88. The van der Waals surface area contributed by atoms with E-state index in [-0.39, 0.29) is 13.1 Å². The van der Waals surface area contributed by atoms with Crippen LogP contribution in [0.15, 0.2) is 71.9 Å². The fourth-order valence-electron chi connectivity index (χ4n) is 3.61. The van der Waals surface area contributed by atoms with Crippen molar-refractivity contribution in [1.29, 1.82) is 0 Å². The first kappa shape index (κ1) is 23.9. The third kappa shape index (κ3) is 5.61. The van der Waals surface area contributed by atoms with Crippen molar-refractivity contribution in [1.82, 2.24) is 4.90 Å². The van der Waals surface area contributed by atoms with Crippen LogP contribution < -0.4 is 10.1 Å². The molecule has 3 aromatic carbocycles. The number of urea groups is 1. The van der Waals surface area contributed by atoms with E-state index in [1.807, 2.05) is 6.07 Å². The summed E-state index contributed by atoms with van der Waals surface area (Å²) in [4.78, 5) is 20.3. The number of carbonyl (C=O) groups excluding carboxylic acids is 1. The molecule has 2 amide bonds. The minimum absolute atomic E-state index is 0.0512. The Bertz CT molecular complexity index is 1220. The zero-order valence-electron chi connectivity index (χ0n) is 18.3. The molecule has 0 bridgehead atoms. The predicted molar refractivity (Wildman–Crippen MR) is 131 cm³/mol. The number of hydrogen-bond donors (Lipinski definition) is 1. The Morgan fingerprint density at radius 1 is 1.15 bits per heavy atom. The van der Waals surface area contributed by atoms with Gasteiger partial charge in [0.15, 0.2) is 6.10 Å². The van der Waals surface area contributed by atoms with Gasteiger partial charge in [0.25, 0.3) is 0 Å². The minimum Gasteiger partial charge on any atom is -0.495 e. The first-order valence-corrected chi connectivity index (χ1v) is 11.3. The smallest absolute Gasteiger partial charge is 0.322 e. The molecule has 1 heterocycles. The molecule has 0 radical (unpaired) electrons. The second-order valence-corrected chi connectivity index (χ2v) is 8.52. The molecule has 1 unspecified atom stereocenters. The van der Waals surface area contributed by atoms with Gasteiger partial charge in [-0.1, -0.05) is 64.8 Å². The lowest BCUT2D eigenvalue weighted by Gasteiger charge is -2.26. The second kappa shape index (κ2) is 10.8. The van der Waals surface area contributed by atoms with E-state index in [1.165, 1.54) is 18.1 Å². The largest absolute Gasteiger partial charge is 0.495 e. The zero-order chi connectivity index (χ0) is 24.1. The van der Waals surface area contributed by atoms with E-state index < -0.39 is 18.0 Å². The highest BCUT2D eigenvalue weighted by Crippen LogP contribution is 2.27. The van der Waals surface area contributed by atoms with Crippen molar-refractivity contribution in [2.45, 2.75) is 19.1 Å². The summed E-state index contributed by atoms with van der Waals surface area (Å²) in [6.45, 7) is 0.235. The molecule has 176 valence electrons. The molecule has 6 nitrogen and oxygen atoms in total. The van der Waals surface area contributed by atoms with Gasteiger partial charge in [-0.2, -0.15) is 0 Å². The lowest BCUT2D eigenvalue weighted by Crippen LogP contribution is -2.40. The molecular formula is C25H22Cl2FN3O3. The Kier molecular flexibility index (Phi) is 7.55. The van der Waals surface area contributed by atoms with Crippen molar-refractivity contribution in [3.63, 3.8) is 0 Å². The van der Waals surface area contributed by atoms with Crippen LogP contribution in [0.3, 0.4) is 0 Å². The van der Waals surface area contributed by atoms with E-state index in [2.05, 4.69) is 10.5 Å². The molecule has 1 atom stereocenters. The summed E-state index contributed by atoms with van der Waals surface area (Å²) in [7, 11) is 1.52. The maximum absolute atomic E-state index is 14.4. The Hall–Kier alpha value is -3.29. The van der Waals surface area contributed by atoms with Gasteiger partial charge >= 0.3 is 6.03 Å². The number of para-hydroxylation sites is 2. The molecule has 0 fully saturated rings. The van der Waals surface area contributed by atoms with E-state index >= 15 is 0 Å². The van der Waals surface area contributed by atoms with Crippen LogP contribution in [0.5, 0.6) is 5.75 Å². The van der Waals surface area contributed by atoms with Crippen LogP contribution in [0.4, 0.5) is 14.9 Å². The molecule has 1 aliphatic heterocycles. The number of nitrogens with one attached hydrogen (secondary N) is 1. The fraction of sp³-hybridized carbons (Fsp3) is 0.200. The SMILES string of the molecule is COc1ccccc1NC(=O)N(Cc1ccccc1F)CC1CC(c2ccc(Cl)c(Cl)c2)=NO1. The summed E-state index contributed by atoms with van der Waals surface area (Å²) >= 11 is 12.1. The van der Waals surface area contributed by atoms with Crippen LogP contribution in [-0.2, 0) is 11.4 Å². The van der Waals surface area contributed by atoms with Gasteiger partial charge in [-0.3, -0.25) is 0 Å². The van der Waals surface area contributed by atoms with Crippen LogP contribution >= 0.6 is 23.2 Å². The minimum atomic E-state index is -0.417. The number of benzene rings is 3. The fourth-order valence-corrected chi connectivity index (χ4v) is 3.91. The number of oxime groups is 1. The molecule has 3 aromatic rings. The van der Waals surface area contributed by atoms with Crippen LogP contribution in [0.1, 0.15) is 17.5 Å². The molecule has 1 N–H and O–H groups in total. The highest BCUT2D eigenvalue weighted by molar-refractivity contribution is 6.42. The monoisotopic (exact) mass is 501 g/mol. The lowest BCUT2D eigenvalue weighted by molar-refractivity contribution is 0.0606. The Balaban J connectivity index is 1.51. The average Bonchev–Trinajstić information content (AvgIpc) is 3.30. The zero-order valence-corrected chi connectivity index (χ0v) is 19.8. The van der Waals surface area contributed by atoms with Crippen LogP contribution in [0, 0.1) is 5.82 Å². The number of ether oxygens (including phenoxy) is 1. The van der Waals surface area contributed by atoms with E-state index in [1.54, 1.807) is 54.6 Å². The van der Waals surface area contributed by atoms with Crippen molar-refractivity contribution in [3.8, 4) is 5.75 Å². The molecule has 0 saturated carbocycles. The van der Waals surface area contributed by atoms with Crippen molar-refractivity contribution < 1.29 is 18.8 Å². The number of rotatable bonds is 7. The first-order chi connectivity index (χ1) is 16.4. The Morgan fingerprint density at radius 3 is 2.68 bits per heavy atom. The van der Waals surface area contributed by atoms with Gasteiger partial charge in [0.2, 0.25) is 0 Å². The maximum atomic E-state index is 14.4. The molecular weight excluding hydrogens is 480 g/mol. The van der Waals surface area contributed by atoms with Gasteiger partial charge in [0, 0.05) is 17.5 Å². The topological polar surface area (TPSA) is 63.2 Å².